The Labute approximate surface area is 145 Å². The lowest BCUT2D eigenvalue weighted by molar-refractivity contribution is -0.132. The van der Waals surface area contributed by atoms with Crippen LogP contribution in [-0.4, -0.2) is 43.0 Å². The fraction of sp³-hybridized carbons (Fsp3) is 0.529. The second-order valence-corrected chi connectivity index (χ2v) is 6.63. The van der Waals surface area contributed by atoms with E-state index in [-0.39, 0.29) is 12.3 Å². The maximum Gasteiger partial charge on any atom is 0.328 e. The van der Waals surface area contributed by atoms with E-state index in [1.54, 1.807) is 6.20 Å². The maximum atomic E-state index is 12.6. The zero-order valence-electron chi connectivity index (χ0n) is 14.6. The first-order valence-corrected chi connectivity index (χ1v) is 8.49. The molecule has 3 heterocycles. The third kappa shape index (κ3) is 3.72. The Morgan fingerprint density at radius 1 is 1.40 bits per heavy atom. The van der Waals surface area contributed by atoms with E-state index < -0.39 is 11.2 Å². The van der Waals surface area contributed by atoms with Gasteiger partial charge in [-0.1, -0.05) is 0 Å². The van der Waals surface area contributed by atoms with Crippen LogP contribution in [0.5, 0.6) is 0 Å². The summed E-state index contributed by atoms with van der Waals surface area (Å²) in [6.07, 6.45) is 7.13. The molecule has 2 aromatic rings. The van der Waals surface area contributed by atoms with Gasteiger partial charge >= 0.3 is 5.69 Å². The maximum absolute atomic E-state index is 12.6. The van der Waals surface area contributed by atoms with Crippen LogP contribution in [0.15, 0.2) is 28.2 Å². The van der Waals surface area contributed by atoms with Gasteiger partial charge in [0, 0.05) is 50.8 Å². The minimum absolute atomic E-state index is 0.0142. The van der Waals surface area contributed by atoms with Crippen LogP contribution < -0.4 is 11.2 Å². The average molecular weight is 345 g/mol. The second-order valence-electron chi connectivity index (χ2n) is 6.63. The summed E-state index contributed by atoms with van der Waals surface area (Å²) >= 11 is 0. The van der Waals surface area contributed by atoms with Gasteiger partial charge in [-0.2, -0.15) is 0 Å². The molecule has 0 radical (unpaired) electrons. The predicted molar refractivity (Wildman–Crippen MR) is 92.3 cm³/mol. The van der Waals surface area contributed by atoms with Gasteiger partial charge in [-0.15, -0.1) is 0 Å². The number of rotatable bonds is 4. The van der Waals surface area contributed by atoms with E-state index in [9.17, 15) is 14.4 Å². The fourth-order valence-corrected chi connectivity index (χ4v) is 3.33. The number of piperidine rings is 1. The number of nitrogens with zero attached hydrogens (tertiary/aromatic N) is 4. The number of carbonyl (C=O) groups excluding carboxylic acids is 1. The van der Waals surface area contributed by atoms with Crippen LogP contribution in [0.3, 0.4) is 0 Å². The number of H-pyrrole nitrogens is 1. The molecule has 0 aliphatic carbocycles. The molecule has 2 aromatic heterocycles. The van der Waals surface area contributed by atoms with Crippen LogP contribution in [0.1, 0.15) is 24.2 Å². The molecule has 1 saturated heterocycles. The quantitative estimate of drug-likeness (QED) is 0.848. The molecule has 1 atom stereocenters. The van der Waals surface area contributed by atoms with Crippen LogP contribution in [-0.2, 0) is 24.8 Å². The third-order valence-corrected chi connectivity index (χ3v) is 4.85. The van der Waals surface area contributed by atoms with Gasteiger partial charge in [0.05, 0.1) is 6.42 Å². The minimum atomic E-state index is -0.477. The van der Waals surface area contributed by atoms with Crippen LogP contribution in [0, 0.1) is 12.8 Å². The Bertz CT molecular complexity index is 879. The van der Waals surface area contributed by atoms with Crippen molar-refractivity contribution >= 4 is 5.91 Å². The standard InChI is InChI=1S/C17H23N5O3/c1-12-18-5-7-21(12)10-13-4-3-6-22(11-13)15(23)8-14-9-19-17(25)20(2)16(14)24/h5,7,9,13H,3-4,6,8,10-11H2,1-2H3,(H,19,25). The van der Waals surface area contributed by atoms with E-state index >= 15 is 0 Å². The Kier molecular flexibility index (Phi) is 4.87. The van der Waals surface area contributed by atoms with E-state index in [1.807, 2.05) is 18.0 Å². The SMILES string of the molecule is Cc1nccn1CC1CCCN(C(=O)Cc2c[nH]c(=O)n(C)c2=O)C1. The second kappa shape index (κ2) is 7.08. The normalized spacial score (nSPS) is 17.7. The first kappa shape index (κ1) is 17.2. The number of likely N-dealkylation sites (tertiary alicyclic amines) is 1. The number of imidazole rings is 1. The molecule has 25 heavy (non-hydrogen) atoms. The van der Waals surface area contributed by atoms with Crippen molar-refractivity contribution < 1.29 is 4.79 Å². The highest BCUT2D eigenvalue weighted by Gasteiger charge is 2.25. The van der Waals surface area contributed by atoms with E-state index in [0.717, 1.165) is 29.8 Å². The van der Waals surface area contributed by atoms with Gasteiger partial charge in [0.25, 0.3) is 5.56 Å². The number of amides is 1. The van der Waals surface area contributed by atoms with Crippen molar-refractivity contribution in [1.82, 2.24) is 24.0 Å². The number of nitrogens with one attached hydrogen (secondary N) is 1. The molecule has 8 heteroatoms. The zero-order chi connectivity index (χ0) is 18.0. The summed E-state index contributed by atoms with van der Waals surface area (Å²) in [6, 6.07) is 0. The van der Waals surface area contributed by atoms with Crippen molar-refractivity contribution in [3.05, 3.63) is 50.8 Å². The number of aromatic nitrogens is 4. The Morgan fingerprint density at radius 3 is 2.92 bits per heavy atom. The van der Waals surface area contributed by atoms with E-state index in [1.165, 1.54) is 13.2 Å². The van der Waals surface area contributed by atoms with Crippen LogP contribution in [0.25, 0.3) is 0 Å². The molecule has 8 nitrogen and oxygen atoms in total. The summed E-state index contributed by atoms with van der Waals surface area (Å²) in [5.41, 5.74) is -0.575. The van der Waals surface area contributed by atoms with Crippen molar-refractivity contribution in [3.63, 3.8) is 0 Å². The molecular weight excluding hydrogens is 322 g/mol. The molecule has 1 aliphatic rings. The summed E-state index contributed by atoms with van der Waals surface area (Å²) in [6.45, 7) is 4.20. The lowest BCUT2D eigenvalue weighted by Gasteiger charge is -2.33. The van der Waals surface area contributed by atoms with Crippen molar-refractivity contribution in [2.45, 2.75) is 32.7 Å². The van der Waals surface area contributed by atoms with Gasteiger partial charge < -0.3 is 14.5 Å². The Morgan fingerprint density at radius 2 is 2.20 bits per heavy atom. The van der Waals surface area contributed by atoms with E-state index in [0.29, 0.717) is 24.6 Å². The molecule has 0 spiro atoms. The summed E-state index contributed by atoms with van der Waals surface area (Å²) in [5.74, 6) is 1.28. The van der Waals surface area contributed by atoms with Crippen LogP contribution >= 0.6 is 0 Å². The lowest BCUT2D eigenvalue weighted by atomic mass is 9.97. The van der Waals surface area contributed by atoms with Gasteiger partial charge in [-0.3, -0.25) is 14.2 Å². The van der Waals surface area contributed by atoms with Crippen molar-refractivity contribution in [2.75, 3.05) is 13.1 Å². The van der Waals surface area contributed by atoms with Crippen molar-refractivity contribution in [3.8, 4) is 0 Å². The fourth-order valence-electron chi connectivity index (χ4n) is 3.33. The van der Waals surface area contributed by atoms with Gasteiger partial charge in [-0.05, 0) is 25.7 Å². The van der Waals surface area contributed by atoms with Crippen molar-refractivity contribution in [1.29, 1.82) is 0 Å². The first-order chi connectivity index (χ1) is 12.0. The lowest BCUT2D eigenvalue weighted by Crippen LogP contribution is -2.43. The molecule has 0 saturated carbocycles. The highest BCUT2D eigenvalue weighted by molar-refractivity contribution is 5.78. The number of aromatic amines is 1. The number of hydrogen-bond donors (Lipinski definition) is 1. The largest absolute Gasteiger partial charge is 0.342 e. The van der Waals surface area contributed by atoms with Gasteiger partial charge in [0.1, 0.15) is 5.82 Å². The molecule has 3 rings (SSSR count). The molecule has 134 valence electrons. The first-order valence-electron chi connectivity index (χ1n) is 8.49. The molecule has 1 fully saturated rings. The van der Waals surface area contributed by atoms with E-state index in [4.69, 9.17) is 0 Å². The van der Waals surface area contributed by atoms with Crippen LogP contribution in [0.4, 0.5) is 0 Å². The van der Waals surface area contributed by atoms with Crippen LogP contribution in [0.2, 0.25) is 0 Å². The summed E-state index contributed by atoms with van der Waals surface area (Å²) in [5, 5.41) is 0. The number of aryl methyl sites for hydroxylation is 1. The van der Waals surface area contributed by atoms with Gasteiger partial charge in [-0.25, -0.2) is 9.78 Å². The third-order valence-electron chi connectivity index (χ3n) is 4.85. The Hall–Kier alpha value is -2.64. The average Bonchev–Trinajstić information content (AvgIpc) is 3.00. The van der Waals surface area contributed by atoms with Gasteiger partial charge in [0.15, 0.2) is 0 Å². The minimum Gasteiger partial charge on any atom is -0.342 e. The Balaban J connectivity index is 1.66. The highest BCUT2D eigenvalue weighted by atomic mass is 16.2. The molecule has 1 amide bonds. The summed E-state index contributed by atoms with van der Waals surface area (Å²) in [4.78, 5) is 44.6. The number of carbonyl (C=O) groups is 1. The molecule has 0 aromatic carbocycles. The predicted octanol–water partition coefficient (Wildman–Crippen LogP) is 0.0598. The number of hydrogen-bond acceptors (Lipinski definition) is 4. The monoisotopic (exact) mass is 345 g/mol. The molecule has 1 aliphatic heterocycles. The molecular formula is C17H23N5O3. The zero-order valence-corrected chi connectivity index (χ0v) is 14.6. The van der Waals surface area contributed by atoms with Gasteiger partial charge in [0.2, 0.25) is 5.91 Å². The summed E-state index contributed by atoms with van der Waals surface area (Å²) in [7, 11) is 1.40. The molecule has 0 bridgehead atoms. The van der Waals surface area contributed by atoms with E-state index in [2.05, 4.69) is 14.5 Å². The smallest absolute Gasteiger partial charge is 0.328 e. The summed E-state index contributed by atoms with van der Waals surface area (Å²) < 4.78 is 3.10. The topological polar surface area (TPSA) is 93.0 Å². The van der Waals surface area contributed by atoms with Crippen molar-refractivity contribution in [2.24, 2.45) is 13.0 Å². The molecule has 1 N–H and O–H groups in total. The highest BCUT2D eigenvalue weighted by Crippen LogP contribution is 2.19. The molecule has 1 unspecified atom stereocenters.